The van der Waals surface area contributed by atoms with Crippen molar-refractivity contribution in [1.29, 1.82) is 0 Å². The summed E-state index contributed by atoms with van der Waals surface area (Å²) in [5.41, 5.74) is 5.14. The molecule has 0 aliphatic rings. The van der Waals surface area contributed by atoms with E-state index in [4.69, 9.17) is 19.9 Å². The zero-order chi connectivity index (χ0) is 20.6. The van der Waals surface area contributed by atoms with Crippen LogP contribution in [0, 0.1) is 11.8 Å². The fourth-order valence-electron chi connectivity index (χ4n) is 2.19. The summed E-state index contributed by atoms with van der Waals surface area (Å²) < 4.78 is 16.2. The molecular weight excluding hydrogens is 352 g/mol. The van der Waals surface area contributed by atoms with Gasteiger partial charge in [-0.05, 0) is 36.5 Å². The molecule has 0 aromatic heterocycles. The number of methoxy groups -OCH3 is 1. The Balaban J connectivity index is 2.89. The van der Waals surface area contributed by atoms with Crippen molar-refractivity contribution in [2.24, 2.45) is 17.6 Å². The molecule has 0 heterocycles. The Labute approximate surface area is 159 Å². The SMILES string of the molecule is COc1cc(C(=O)OC(C(=O)NC(N)=O)C(C)C)ccc1OCCC(C)C. The van der Waals surface area contributed by atoms with Crippen molar-refractivity contribution in [3.05, 3.63) is 23.8 Å². The topological polar surface area (TPSA) is 117 Å². The number of esters is 1. The first-order valence-corrected chi connectivity index (χ1v) is 8.77. The van der Waals surface area contributed by atoms with Gasteiger partial charge < -0.3 is 19.9 Å². The van der Waals surface area contributed by atoms with E-state index in [1.807, 2.05) is 5.32 Å². The molecule has 0 saturated carbocycles. The first-order chi connectivity index (χ1) is 12.6. The maximum Gasteiger partial charge on any atom is 0.339 e. The van der Waals surface area contributed by atoms with Gasteiger partial charge in [0.2, 0.25) is 0 Å². The van der Waals surface area contributed by atoms with Crippen LogP contribution < -0.4 is 20.5 Å². The minimum Gasteiger partial charge on any atom is -0.493 e. The summed E-state index contributed by atoms with van der Waals surface area (Å²) in [5.74, 6) is -0.442. The number of amides is 3. The molecule has 150 valence electrons. The van der Waals surface area contributed by atoms with Crippen molar-refractivity contribution >= 4 is 17.9 Å². The smallest absolute Gasteiger partial charge is 0.339 e. The summed E-state index contributed by atoms with van der Waals surface area (Å²) in [6, 6.07) is 3.62. The lowest BCUT2D eigenvalue weighted by Crippen LogP contribution is -2.45. The average molecular weight is 380 g/mol. The summed E-state index contributed by atoms with van der Waals surface area (Å²) in [5, 5.41) is 1.92. The number of hydrogen-bond donors (Lipinski definition) is 2. The van der Waals surface area contributed by atoms with Crippen molar-refractivity contribution in [3.63, 3.8) is 0 Å². The van der Waals surface area contributed by atoms with E-state index < -0.39 is 24.0 Å². The zero-order valence-corrected chi connectivity index (χ0v) is 16.4. The molecule has 8 heteroatoms. The predicted molar refractivity (Wildman–Crippen MR) is 99.7 cm³/mol. The minimum atomic E-state index is -1.15. The summed E-state index contributed by atoms with van der Waals surface area (Å²) in [4.78, 5) is 35.3. The van der Waals surface area contributed by atoms with Crippen LogP contribution in [0.4, 0.5) is 4.79 Å². The molecule has 0 aliphatic carbocycles. The molecule has 27 heavy (non-hydrogen) atoms. The number of primary amides is 1. The first-order valence-electron chi connectivity index (χ1n) is 8.77. The summed E-state index contributed by atoms with van der Waals surface area (Å²) in [7, 11) is 1.47. The fourth-order valence-corrected chi connectivity index (χ4v) is 2.19. The molecule has 1 unspecified atom stereocenters. The van der Waals surface area contributed by atoms with Crippen LogP contribution in [-0.4, -0.2) is 37.7 Å². The van der Waals surface area contributed by atoms with E-state index in [1.165, 1.54) is 19.2 Å². The van der Waals surface area contributed by atoms with E-state index in [1.54, 1.807) is 19.9 Å². The van der Waals surface area contributed by atoms with Crippen LogP contribution in [0.15, 0.2) is 18.2 Å². The van der Waals surface area contributed by atoms with Crippen molar-refractivity contribution in [2.45, 2.75) is 40.2 Å². The highest BCUT2D eigenvalue weighted by Gasteiger charge is 2.28. The number of ether oxygens (including phenoxy) is 3. The number of nitrogens with two attached hydrogens (primary N) is 1. The van der Waals surface area contributed by atoms with Gasteiger partial charge in [-0.3, -0.25) is 10.1 Å². The van der Waals surface area contributed by atoms with Crippen LogP contribution in [0.5, 0.6) is 11.5 Å². The van der Waals surface area contributed by atoms with Crippen LogP contribution in [0.3, 0.4) is 0 Å². The highest BCUT2D eigenvalue weighted by Crippen LogP contribution is 2.29. The van der Waals surface area contributed by atoms with Gasteiger partial charge in [-0.2, -0.15) is 0 Å². The second-order valence-corrected chi connectivity index (χ2v) is 6.82. The normalized spacial score (nSPS) is 11.8. The molecule has 3 amide bonds. The van der Waals surface area contributed by atoms with Crippen LogP contribution >= 0.6 is 0 Å². The molecule has 1 atom stereocenters. The molecule has 0 bridgehead atoms. The molecule has 0 radical (unpaired) electrons. The fraction of sp³-hybridized carbons (Fsp3) is 0.526. The third-order valence-electron chi connectivity index (χ3n) is 3.70. The molecule has 1 aromatic rings. The Hall–Kier alpha value is -2.77. The van der Waals surface area contributed by atoms with Crippen molar-refractivity contribution < 1.29 is 28.6 Å². The molecule has 0 aliphatic heterocycles. The van der Waals surface area contributed by atoms with Gasteiger partial charge >= 0.3 is 12.0 Å². The molecule has 8 nitrogen and oxygen atoms in total. The lowest BCUT2D eigenvalue weighted by Gasteiger charge is -2.20. The molecule has 0 spiro atoms. The molecule has 1 rings (SSSR count). The van der Waals surface area contributed by atoms with Gasteiger partial charge in [-0.1, -0.05) is 27.7 Å². The zero-order valence-electron chi connectivity index (χ0n) is 16.4. The lowest BCUT2D eigenvalue weighted by molar-refractivity contribution is -0.130. The van der Waals surface area contributed by atoms with E-state index in [-0.39, 0.29) is 11.5 Å². The van der Waals surface area contributed by atoms with Gasteiger partial charge in [-0.25, -0.2) is 9.59 Å². The van der Waals surface area contributed by atoms with E-state index in [2.05, 4.69) is 13.8 Å². The van der Waals surface area contributed by atoms with Crippen LogP contribution in [0.2, 0.25) is 0 Å². The molecule has 3 N–H and O–H groups in total. The van der Waals surface area contributed by atoms with Gasteiger partial charge in [0.15, 0.2) is 17.6 Å². The lowest BCUT2D eigenvalue weighted by atomic mass is 10.1. The molecule has 0 saturated heterocycles. The van der Waals surface area contributed by atoms with Gasteiger partial charge in [-0.15, -0.1) is 0 Å². The van der Waals surface area contributed by atoms with E-state index >= 15 is 0 Å². The highest BCUT2D eigenvalue weighted by atomic mass is 16.5. The summed E-state index contributed by atoms with van der Waals surface area (Å²) >= 11 is 0. The van der Waals surface area contributed by atoms with Gasteiger partial charge in [0.05, 0.1) is 19.3 Å². The molecule has 0 fully saturated rings. The largest absolute Gasteiger partial charge is 0.493 e. The van der Waals surface area contributed by atoms with Crippen molar-refractivity contribution in [1.82, 2.24) is 5.32 Å². The van der Waals surface area contributed by atoms with Crippen LogP contribution in [0.25, 0.3) is 0 Å². The maximum atomic E-state index is 12.4. The van der Waals surface area contributed by atoms with Crippen LogP contribution in [-0.2, 0) is 9.53 Å². The monoisotopic (exact) mass is 380 g/mol. The summed E-state index contributed by atoms with van der Waals surface area (Å²) in [6.07, 6.45) is -0.268. The third kappa shape index (κ3) is 7.16. The summed E-state index contributed by atoms with van der Waals surface area (Å²) in [6.45, 7) is 8.09. The Morgan fingerprint density at radius 1 is 1.11 bits per heavy atom. The minimum absolute atomic E-state index is 0.195. The number of nitrogens with one attached hydrogen (secondary N) is 1. The van der Waals surface area contributed by atoms with Crippen LogP contribution in [0.1, 0.15) is 44.5 Å². The van der Waals surface area contributed by atoms with Gasteiger partial charge in [0, 0.05) is 0 Å². The van der Waals surface area contributed by atoms with E-state index in [9.17, 15) is 14.4 Å². The van der Waals surface area contributed by atoms with Crippen molar-refractivity contribution in [2.75, 3.05) is 13.7 Å². The van der Waals surface area contributed by atoms with Gasteiger partial charge in [0.1, 0.15) is 0 Å². The quantitative estimate of drug-likeness (QED) is 0.636. The standard InChI is InChI=1S/C19H28N2O6/c1-11(2)8-9-26-14-7-6-13(10-15(14)25-5)18(23)27-16(12(3)4)17(22)21-19(20)24/h6-7,10-12,16H,8-9H2,1-5H3,(H3,20,21,22,24). The number of carbonyl (C=O) groups is 3. The molecular formula is C19H28N2O6. The Morgan fingerprint density at radius 2 is 1.78 bits per heavy atom. The number of rotatable bonds is 9. The molecule has 1 aromatic carbocycles. The Morgan fingerprint density at radius 3 is 2.30 bits per heavy atom. The second-order valence-electron chi connectivity index (χ2n) is 6.82. The predicted octanol–water partition coefficient (Wildman–Crippen LogP) is 2.50. The Kier molecular flexibility index (Phi) is 8.58. The van der Waals surface area contributed by atoms with E-state index in [0.29, 0.717) is 24.0 Å². The number of hydrogen-bond acceptors (Lipinski definition) is 6. The highest BCUT2D eigenvalue weighted by molar-refractivity contribution is 5.98. The van der Waals surface area contributed by atoms with E-state index in [0.717, 1.165) is 6.42 Å². The second kappa shape index (κ2) is 10.4. The third-order valence-corrected chi connectivity index (χ3v) is 3.70. The number of urea groups is 1. The number of benzene rings is 1. The maximum absolute atomic E-state index is 12.4. The number of carbonyl (C=O) groups excluding carboxylic acids is 3. The number of imide groups is 1. The van der Waals surface area contributed by atoms with Gasteiger partial charge in [0.25, 0.3) is 5.91 Å². The van der Waals surface area contributed by atoms with Crippen molar-refractivity contribution in [3.8, 4) is 11.5 Å². The average Bonchev–Trinajstić information content (AvgIpc) is 2.58. The Bertz CT molecular complexity index is 672. The first kappa shape index (κ1) is 22.3.